The van der Waals surface area contributed by atoms with Crippen molar-refractivity contribution in [2.75, 3.05) is 6.61 Å². The molecular weight excluding hydrogens is 196 g/mol. The molecular formula is C11H12O2S. The van der Waals surface area contributed by atoms with Crippen molar-refractivity contribution in [3.63, 3.8) is 0 Å². The van der Waals surface area contributed by atoms with Gasteiger partial charge in [0.05, 0.1) is 11.0 Å². The lowest BCUT2D eigenvalue weighted by atomic mass is 10.1. The summed E-state index contributed by atoms with van der Waals surface area (Å²) in [4.78, 5) is 12.0. The van der Waals surface area contributed by atoms with Crippen molar-refractivity contribution in [2.24, 2.45) is 0 Å². The Kier molecular flexibility index (Phi) is 2.89. The number of ether oxygens (including phenoxy) is 1. The molecule has 0 amide bonds. The lowest BCUT2D eigenvalue weighted by molar-refractivity contribution is 0.110. The molecule has 0 aliphatic carbocycles. The van der Waals surface area contributed by atoms with Crippen molar-refractivity contribution in [3.8, 4) is 0 Å². The van der Waals surface area contributed by atoms with E-state index in [0.29, 0.717) is 4.90 Å². The molecule has 1 heterocycles. The normalized spacial score (nSPS) is 21.1. The molecule has 1 aliphatic heterocycles. The van der Waals surface area contributed by atoms with E-state index in [9.17, 15) is 4.79 Å². The highest BCUT2D eigenvalue weighted by Gasteiger charge is 2.19. The Bertz CT molecular complexity index is 383. The summed E-state index contributed by atoms with van der Waals surface area (Å²) in [6, 6.07) is 7.04. The topological polar surface area (TPSA) is 26.3 Å². The second-order valence-electron chi connectivity index (χ2n) is 3.39. The fraction of sp³-hybridized carbons (Fsp3) is 0.364. The molecule has 3 heteroatoms. The van der Waals surface area contributed by atoms with E-state index in [0.717, 1.165) is 25.0 Å². The molecule has 2 rings (SSSR count). The van der Waals surface area contributed by atoms with Gasteiger partial charge in [-0.2, -0.15) is 0 Å². The number of thiol groups is 1. The van der Waals surface area contributed by atoms with Crippen molar-refractivity contribution < 1.29 is 4.74 Å². The van der Waals surface area contributed by atoms with Gasteiger partial charge in [0.15, 0.2) is 5.43 Å². The average molecular weight is 208 g/mol. The number of rotatable bonds is 1. The Morgan fingerprint density at radius 1 is 1.36 bits per heavy atom. The van der Waals surface area contributed by atoms with E-state index in [2.05, 4.69) is 12.6 Å². The van der Waals surface area contributed by atoms with E-state index >= 15 is 0 Å². The minimum Gasteiger partial charge on any atom is -0.373 e. The highest BCUT2D eigenvalue weighted by molar-refractivity contribution is 7.80. The summed E-state index contributed by atoms with van der Waals surface area (Å²) in [5.41, 5.74) is 0.879. The minimum absolute atomic E-state index is 0.0381. The zero-order chi connectivity index (χ0) is 9.97. The molecule has 0 radical (unpaired) electrons. The van der Waals surface area contributed by atoms with Gasteiger partial charge in [0.1, 0.15) is 0 Å². The van der Waals surface area contributed by atoms with Gasteiger partial charge in [0.25, 0.3) is 0 Å². The summed E-state index contributed by atoms with van der Waals surface area (Å²) in [5, 5.41) is 0. The zero-order valence-corrected chi connectivity index (χ0v) is 8.67. The lowest BCUT2D eigenvalue weighted by Crippen LogP contribution is -2.03. The van der Waals surface area contributed by atoms with Gasteiger partial charge in [0.2, 0.25) is 0 Å². The van der Waals surface area contributed by atoms with Crippen LogP contribution in [0.5, 0.6) is 0 Å². The van der Waals surface area contributed by atoms with Crippen LogP contribution in [0.3, 0.4) is 0 Å². The lowest BCUT2D eigenvalue weighted by Gasteiger charge is -2.09. The largest absolute Gasteiger partial charge is 0.373 e. The molecule has 0 aromatic heterocycles. The van der Waals surface area contributed by atoms with Crippen molar-refractivity contribution >= 4 is 12.6 Å². The maximum absolute atomic E-state index is 11.5. The first kappa shape index (κ1) is 9.74. The van der Waals surface area contributed by atoms with Gasteiger partial charge in [0, 0.05) is 6.61 Å². The van der Waals surface area contributed by atoms with E-state index in [-0.39, 0.29) is 11.5 Å². The summed E-state index contributed by atoms with van der Waals surface area (Å²) in [6.07, 6.45) is 2.10. The van der Waals surface area contributed by atoms with Gasteiger partial charge in [-0.3, -0.25) is 4.79 Å². The van der Waals surface area contributed by atoms with Crippen LogP contribution in [-0.4, -0.2) is 6.61 Å². The van der Waals surface area contributed by atoms with Crippen LogP contribution in [0.1, 0.15) is 24.5 Å². The SMILES string of the molecule is O=c1ccccc([C@@H]2CCCO2)c1S. The molecule has 1 aromatic rings. The highest BCUT2D eigenvalue weighted by Crippen LogP contribution is 2.30. The summed E-state index contributed by atoms with van der Waals surface area (Å²) in [5.74, 6) is 0. The first-order chi connectivity index (χ1) is 6.79. The molecule has 1 atom stereocenters. The van der Waals surface area contributed by atoms with Crippen molar-refractivity contribution in [1.29, 1.82) is 0 Å². The van der Waals surface area contributed by atoms with E-state index in [4.69, 9.17) is 4.74 Å². The minimum atomic E-state index is -0.0381. The van der Waals surface area contributed by atoms with Crippen molar-refractivity contribution in [2.45, 2.75) is 23.8 Å². The van der Waals surface area contributed by atoms with Gasteiger partial charge in [-0.25, -0.2) is 0 Å². The molecule has 1 aliphatic rings. The second-order valence-corrected chi connectivity index (χ2v) is 3.84. The molecule has 0 bridgehead atoms. The quantitative estimate of drug-likeness (QED) is 0.716. The van der Waals surface area contributed by atoms with Crippen LogP contribution in [-0.2, 0) is 4.74 Å². The van der Waals surface area contributed by atoms with E-state index in [1.54, 1.807) is 6.07 Å². The third kappa shape index (κ3) is 1.83. The summed E-state index contributed by atoms with van der Waals surface area (Å²) in [7, 11) is 0. The van der Waals surface area contributed by atoms with Gasteiger partial charge in [-0.05, 0) is 24.5 Å². The van der Waals surface area contributed by atoms with E-state index in [1.807, 2.05) is 12.1 Å². The summed E-state index contributed by atoms with van der Waals surface area (Å²) >= 11 is 4.24. The molecule has 1 fully saturated rings. The highest BCUT2D eigenvalue weighted by atomic mass is 32.1. The van der Waals surface area contributed by atoms with Crippen molar-refractivity contribution in [3.05, 3.63) is 40.1 Å². The molecule has 2 nitrogen and oxygen atoms in total. The summed E-state index contributed by atoms with van der Waals surface area (Å²) < 4.78 is 5.53. The van der Waals surface area contributed by atoms with Crippen molar-refractivity contribution in [1.82, 2.24) is 0 Å². The van der Waals surface area contributed by atoms with Crippen LogP contribution in [0.2, 0.25) is 0 Å². The van der Waals surface area contributed by atoms with Crippen LogP contribution in [0.15, 0.2) is 34.0 Å². The van der Waals surface area contributed by atoms with Gasteiger partial charge < -0.3 is 4.74 Å². The first-order valence-electron chi connectivity index (χ1n) is 4.73. The molecule has 1 saturated heterocycles. The van der Waals surface area contributed by atoms with Crippen LogP contribution >= 0.6 is 12.6 Å². The standard InChI is InChI=1S/C11H12O2S/c12-9-5-2-1-4-8(11(9)14)10-6-3-7-13-10/h1-2,4-5,10H,3,6-7H2,(H,12,14)/t10-/m0/s1. The molecule has 74 valence electrons. The fourth-order valence-electron chi connectivity index (χ4n) is 1.69. The molecule has 14 heavy (non-hydrogen) atoms. The average Bonchev–Trinajstić information content (AvgIpc) is 2.64. The number of hydrogen-bond donors (Lipinski definition) is 1. The molecule has 0 N–H and O–H groups in total. The third-order valence-electron chi connectivity index (χ3n) is 2.42. The zero-order valence-electron chi connectivity index (χ0n) is 7.77. The molecule has 0 unspecified atom stereocenters. The second kappa shape index (κ2) is 4.15. The third-order valence-corrected chi connectivity index (χ3v) is 2.90. The monoisotopic (exact) mass is 208 g/mol. The predicted molar refractivity (Wildman–Crippen MR) is 57.9 cm³/mol. The number of hydrogen-bond acceptors (Lipinski definition) is 3. The first-order valence-corrected chi connectivity index (χ1v) is 5.17. The Labute approximate surface area is 88.3 Å². The van der Waals surface area contributed by atoms with Crippen LogP contribution in [0.25, 0.3) is 0 Å². The maximum Gasteiger partial charge on any atom is 0.192 e. The summed E-state index contributed by atoms with van der Waals surface area (Å²) in [6.45, 7) is 0.782. The Morgan fingerprint density at radius 3 is 2.86 bits per heavy atom. The maximum atomic E-state index is 11.5. The molecule has 0 spiro atoms. The van der Waals surface area contributed by atoms with E-state index < -0.39 is 0 Å². The Balaban J connectivity index is 2.47. The van der Waals surface area contributed by atoms with E-state index in [1.165, 1.54) is 6.07 Å². The smallest absolute Gasteiger partial charge is 0.192 e. The predicted octanol–water partition coefficient (Wildman–Crippen LogP) is 2.19. The fourth-order valence-corrected chi connectivity index (χ4v) is 1.98. The Hall–Kier alpha value is -0.800. The van der Waals surface area contributed by atoms with Gasteiger partial charge >= 0.3 is 0 Å². The van der Waals surface area contributed by atoms with Crippen LogP contribution in [0, 0.1) is 0 Å². The van der Waals surface area contributed by atoms with Gasteiger partial charge in [-0.15, -0.1) is 12.6 Å². The molecule has 0 saturated carbocycles. The van der Waals surface area contributed by atoms with Gasteiger partial charge in [-0.1, -0.05) is 18.2 Å². The Morgan fingerprint density at radius 2 is 2.14 bits per heavy atom. The molecule has 1 aromatic carbocycles. The van der Waals surface area contributed by atoms with Crippen LogP contribution < -0.4 is 5.43 Å². The van der Waals surface area contributed by atoms with Crippen LogP contribution in [0.4, 0.5) is 0 Å².